The van der Waals surface area contributed by atoms with Crippen LogP contribution in [-0.2, 0) is 21.2 Å². The Morgan fingerprint density at radius 3 is 2.57 bits per heavy atom. The van der Waals surface area contributed by atoms with Gasteiger partial charge in [-0.25, -0.2) is 17.5 Å². The molecule has 0 bridgehead atoms. The summed E-state index contributed by atoms with van der Waals surface area (Å²) < 4.78 is 31.5. The van der Waals surface area contributed by atoms with E-state index in [1.165, 1.54) is 4.31 Å². The molecule has 0 spiro atoms. The van der Waals surface area contributed by atoms with Crippen molar-refractivity contribution >= 4 is 16.1 Å². The average molecular weight is 340 g/mol. The van der Waals surface area contributed by atoms with Crippen molar-refractivity contribution in [2.24, 2.45) is 0 Å². The summed E-state index contributed by atoms with van der Waals surface area (Å²) in [4.78, 5) is 13.3. The van der Waals surface area contributed by atoms with Crippen molar-refractivity contribution in [1.82, 2.24) is 9.21 Å². The molecule has 0 aliphatic carbocycles. The second-order valence-electron chi connectivity index (χ2n) is 5.49. The predicted molar refractivity (Wildman–Crippen MR) is 88.7 cm³/mol. The van der Waals surface area contributed by atoms with E-state index in [1.807, 2.05) is 30.3 Å². The zero-order valence-electron chi connectivity index (χ0n) is 13.5. The van der Waals surface area contributed by atoms with Gasteiger partial charge in [0.15, 0.2) is 0 Å². The van der Waals surface area contributed by atoms with Crippen molar-refractivity contribution in [2.75, 3.05) is 38.5 Å². The van der Waals surface area contributed by atoms with Crippen molar-refractivity contribution < 1.29 is 17.9 Å². The number of aryl methyl sites for hydroxylation is 1. The van der Waals surface area contributed by atoms with Crippen molar-refractivity contribution in [3.63, 3.8) is 0 Å². The topological polar surface area (TPSA) is 66.9 Å². The van der Waals surface area contributed by atoms with Crippen LogP contribution in [0.1, 0.15) is 18.9 Å². The number of carbonyl (C=O) groups excluding carboxylic acids is 1. The van der Waals surface area contributed by atoms with Gasteiger partial charge in [0.05, 0.1) is 12.4 Å². The molecule has 128 valence electrons. The minimum absolute atomic E-state index is 0.0937. The summed E-state index contributed by atoms with van der Waals surface area (Å²) in [6.07, 6.45) is 0.765. The molecule has 1 aromatic carbocycles. The molecule has 23 heavy (non-hydrogen) atoms. The van der Waals surface area contributed by atoms with E-state index in [-0.39, 0.29) is 11.8 Å². The largest absolute Gasteiger partial charge is 0.450 e. The van der Waals surface area contributed by atoms with Gasteiger partial charge in [0.2, 0.25) is 10.0 Å². The molecule has 0 atom stereocenters. The Balaban J connectivity index is 1.91. The molecule has 1 aromatic rings. The quantitative estimate of drug-likeness (QED) is 0.819. The van der Waals surface area contributed by atoms with Gasteiger partial charge in [0.1, 0.15) is 0 Å². The molecule has 1 saturated heterocycles. The van der Waals surface area contributed by atoms with Crippen LogP contribution in [0.3, 0.4) is 0 Å². The lowest BCUT2D eigenvalue weighted by Crippen LogP contribution is -2.38. The molecule has 0 radical (unpaired) electrons. The van der Waals surface area contributed by atoms with Crippen molar-refractivity contribution in [2.45, 2.75) is 19.8 Å². The Labute approximate surface area is 138 Å². The molecule has 0 aromatic heterocycles. The van der Waals surface area contributed by atoms with Crippen LogP contribution in [0.2, 0.25) is 0 Å². The van der Waals surface area contributed by atoms with E-state index in [0.29, 0.717) is 45.6 Å². The van der Waals surface area contributed by atoms with E-state index in [9.17, 15) is 13.2 Å². The van der Waals surface area contributed by atoms with Crippen molar-refractivity contribution in [3.8, 4) is 0 Å². The number of sulfonamides is 1. The van der Waals surface area contributed by atoms with Crippen LogP contribution in [0, 0.1) is 0 Å². The van der Waals surface area contributed by atoms with Crippen molar-refractivity contribution in [1.29, 1.82) is 0 Å². The van der Waals surface area contributed by atoms with E-state index < -0.39 is 10.0 Å². The Kier molecular flexibility index (Phi) is 6.41. The average Bonchev–Trinajstić information content (AvgIpc) is 2.81. The minimum atomic E-state index is -3.31. The first-order valence-corrected chi connectivity index (χ1v) is 9.57. The number of nitrogens with zero attached hydrogens (tertiary/aromatic N) is 2. The van der Waals surface area contributed by atoms with Gasteiger partial charge in [-0.15, -0.1) is 0 Å². The summed E-state index contributed by atoms with van der Waals surface area (Å²) in [5.41, 5.74) is 1.01. The summed E-state index contributed by atoms with van der Waals surface area (Å²) >= 11 is 0. The van der Waals surface area contributed by atoms with Crippen LogP contribution in [0.4, 0.5) is 4.79 Å². The van der Waals surface area contributed by atoms with Crippen molar-refractivity contribution in [3.05, 3.63) is 35.9 Å². The van der Waals surface area contributed by atoms with Crippen LogP contribution < -0.4 is 0 Å². The molecule has 0 unspecified atom stereocenters. The lowest BCUT2D eigenvalue weighted by atomic mass is 10.2. The summed E-state index contributed by atoms with van der Waals surface area (Å²) in [6, 6.07) is 9.59. The Morgan fingerprint density at radius 1 is 1.13 bits per heavy atom. The first-order valence-electron chi connectivity index (χ1n) is 7.96. The molecular weight excluding hydrogens is 316 g/mol. The highest BCUT2D eigenvalue weighted by molar-refractivity contribution is 7.89. The van der Waals surface area contributed by atoms with E-state index in [0.717, 1.165) is 5.56 Å². The van der Waals surface area contributed by atoms with Crippen LogP contribution in [0.25, 0.3) is 0 Å². The molecule has 1 aliphatic rings. The second-order valence-corrected chi connectivity index (χ2v) is 7.58. The number of benzene rings is 1. The smallest absolute Gasteiger partial charge is 0.409 e. The molecule has 1 aliphatic heterocycles. The SMILES string of the molecule is CCOC(=O)N1CCCN(S(=O)(=O)CCc2ccccc2)CC1. The summed E-state index contributed by atoms with van der Waals surface area (Å²) in [7, 11) is -3.31. The third-order valence-electron chi connectivity index (χ3n) is 3.87. The molecule has 0 saturated carbocycles. The number of hydrogen-bond donors (Lipinski definition) is 0. The highest BCUT2D eigenvalue weighted by atomic mass is 32.2. The standard InChI is InChI=1S/C16H24N2O4S/c1-2-22-16(19)17-10-6-11-18(13-12-17)23(20,21)14-9-15-7-4-3-5-8-15/h3-5,7-8H,2,6,9-14H2,1H3. The van der Waals surface area contributed by atoms with Gasteiger partial charge in [0, 0.05) is 26.2 Å². The number of carbonyl (C=O) groups is 1. The fourth-order valence-electron chi connectivity index (χ4n) is 2.59. The Morgan fingerprint density at radius 2 is 1.87 bits per heavy atom. The first-order chi connectivity index (χ1) is 11.0. The van der Waals surface area contributed by atoms with Crippen LogP contribution in [0.15, 0.2) is 30.3 Å². The van der Waals surface area contributed by atoms with Gasteiger partial charge < -0.3 is 9.64 Å². The maximum Gasteiger partial charge on any atom is 0.409 e. The Hall–Kier alpha value is -1.60. The molecule has 1 amide bonds. The Bertz CT molecular complexity index is 604. The highest BCUT2D eigenvalue weighted by Crippen LogP contribution is 2.12. The van der Waals surface area contributed by atoms with Gasteiger partial charge in [-0.3, -0.25) is 0 Å². The maximum atomic E-state index is 12.5. The van der Waals surface area contributed by atoms with Gasteiger partial charge in [-0.2, -0.15) is 0 Å². The number of rotatable bonds is 5. The first kappa shape index (κ1) is 17.7. The van der Waals surface area contributed by atoms with Gasteiger partial charge in [0.25, 0.3) is 0 Å². The van der Waals surface area contributed by atoms with Crippen LogP contribution >= 0.6 is 0 Å². The zero-order chi connectivity index (χ0) is 16.7. The third-order valence-corrected chi connectivity index (χ3v) is 5.74. The van der Waals surface area contributed by atoms with Gasteiger partial charge in [-0.1, -0.05) is 30.3 Å². The molecule has 6 nitrogen and oxygen atoms in total. The fraction of sp³-hybridized carbons (Fsp3) is 0.562. The molecule has 2 rings (SSSR count). The highest BCUT2D eigenvalue weighted by Gasteiger charge is 2.26. The normalized spacial score (nSPS) is 16.8. The molecule has 7 heteroatoms. The number of hydrogen-bond acceptors (Lipinski definition) is 4. The third kappa shape index (κ3) is 5.21. The van der Waals surface area contributed by atoms with Gasteiger partial charge in [-0.05, 0) is 25.3 Å². The van der Waals surface area contributed by atoms with E-state index >= 15 is 0 Å². The maximum absolute atomic E-state index is 12.5. The fourth-order valence-corrected chi connectivity index (χ4v) is 4.11. The number of ether oxygens (including phenoxy) is 1. The zero-order valence-corrected chi connectivity index (χ0v) is 14.3. The van der Waals surface area contributed by atoms with E-state index in [4.69, 9.17) is 4.74 Å². The van der Waals surface area contributed by atoms with E-state index in [2.05, 4.69) is 0 Å². The lowest BCUT2D eigenvalue weighted by molar-refractivity contribution is 0.109. The summed E-state index contributed by atoms with van der Waals surface area (Å²) in [5, 5.41) is 0. The monoisotopic (exact) mass is 340 g/mol. The predicted octanol–water partition coefficient (Wildman–Crippen LogP) is 1.72. The molecule has 1 fully saturated rings. The lowest BCUT2D eigenvalue weighted by Gasteiger charge is -2.21. The minimum Gasteiger partial charge on any atom is -0.450 e. The van der Waals surface area contributed by atoms with Crippen LogP contribution in [0.5, 0.6) is 0 Å². The van der Waals surface area contributed by atoms with E-state index in [1.54, 1.807) is 11.8 Å². The van der Waals surface area contributed by atoms with Crippen LogP contribution in [-0.4, -0.2) is 62.3 Å². The second kappa shape index (κ2) is 8.31. The summed E-state index contributed by atoms with van der Waals surface area (Å²) in [5.74, 6) is 0.0937. The molecule has 0 N–H and O–H groups in total. The number of amides is 1. The summed E-state index contributed by atoms with van der Waals surface area (Å²) in [6.45, 7) is 3.78. The van der Waals surface area contributed by atoms with Gasteiger partial charge >= 0.3 is 6.09 Å². The molecule has 1 heterocycles. The molecular formula is C16H24N2O4S.